The van der Waals surface area contributed by atoms with Crippen molar-refractivity contribution in [1.82, 2.24) is 19.7 Å². The van der Waals surface area contributed by atoms with Crippen LogP contribution in [0.15, 0.2) is 47.4 Å². The zero-order chi connectivity index (χ0) is 15.3. The van der Waals surface area contributed by atoms with Crippen molar-refractivity contribution in [2.75, 3.05) is 0 Å². The lowest BCUT2D eigenvalue weighted by molar-refractivity contribution is 0.847. The van der Waals surface area contributed by atoms with Crippen molar-refractivity contribution in [3.8, 4) is 5.82 Å². The number of aromatic amines is 1. The molecule has 4 aromatic rings. The Morgan fingerprint density at radius 1 is 1.09 bits per heavy atom. The first kappa shape index (κ1) is 15.2. The number of aryl methyl sites for hydroxylation is 2. The lowest BCUT2D eigenvalue weighted by atomic mass is 10.1. The van der Waals surface area contributed by atoms with Crippen LogP contribution in [0.1, 0.15) is 11.3 Å². The Hall–Kier alpha value is -2.66. The SMILES string of the molecule is Cc1ccc(-n2nc(C)c3c(=O)c4ccccc4[nH]c32)nc1.Cl. The molecule has 0 aliphatic rings. The van der Waals surface area contributed by atoms with Crippen LogP contribution in [-0.2, 0) is 0 Å². The quantitative estimate of drug-likeness (QED) is 0.583. The smallest absolute Gasteiger partial charge is 0.200 e. The van der Waals surface area contributed by atoms with Crippen LogP contribution in [0.4, 0.5) is 0 Å². The van der Waals surface area contributed by atoms with Gasteiger partial charge in [-0.3, -0.25) is 4.79 Å². The third kappa shape index (κ3) is 2.29. The molecule has 0 unspecified atom stereocenters. The Morgan fingerprint density at radius 2 is 1.87 bits per heavy atom. The van der Waals surface area contributed by atoms with Crippen LogP contribution in [0.5, 0.6) is 0 Å². The van der Waals surface area contributed by atoms with Gasteiger partial charge in [0.25, 0.3) is 0 Å². The number of rotatable bonds is 1. The summed E-state index contributed by atoms with van der Waals surface area (Å²) >= 11 is 0. The second-order valence-electron chi connectivity index (χ2n) is 5.41. The molecule has 23 heavy (non-hydrogen) atoms. The number of benzene rings is 1. The van der Waals surface area contributed by atoms with Gasteiger partial charge >= 0.3 is 0 Å². The van der Waals surface area contributed by atoms with Gasteiger partial charge in [-0.15, -0.1) is 12.4 Å². The van der Waals surface area contributed by atoms with Crippen LogP contribution in [0.25, 0.3) is 27.8 Å². The van der Waals surface area contributed by atoms with Crippen LogP contribution in [0.3, 0.4) is 0 Å². The molecule has 0 fully saturated rings. The molecule has 3 aromatic heterocycles. The van der Waals surface area contributed by atoms with E-state index in [0.29, 0.717) is 27.9 Å². The molecule has 5 nitrogen and oxygen atoms in total. The van der Waals surface area contributed by atoms with Crippen molar-refractivity contribution < 1.29 is 0 Å². The molecular weight excluding hydrogens is 312 g/mol. The molecule has 0 saturated carbocycles. The molecule has 0 saturated heterocycles. The van der Waals surface area contributed by atoms with Crippen molar-refractivity contribution in [1.29, 1.82) is 0 Å². The van der Waals surface area contributed by atoms with Crippen molar-refractivity contribution in [3.05, 3.63) is 64.1 Å². The topological polar surface area (TPSA) is 63.6 Å². The highest BCUT2D eigenvalue weighted by atomic mass is 35.5. The van der Waals surface area contributed by atoms with Gasteiger partial charge < -0.3 is 4.98 Å². The van der Waals surface area contributed by atoms with Crippen LogP contribution in [0, 0.1) is 13.8 Å². The van der Waals surface area contributed by atoms with E-state index in [4.69, 9.17) is 0 Å². The summed E-state index contributed by atoms with van der Waals surface area (Å²) in [5.74, 6) is 0.689. The van der Waals surface area contributed by atoms with Crippen LogP contribution in [-0.4, -0.2) is 19.7 Å². The number of para-hydroxylation sites is 1. The Bertz CT molecular complexity index is 1060. The minimum absolute atomic E-state index is 0. The summed E-state index contributed by atoms with van der Waals surface area (Å²) in [6.45, 7) is 3.83. The summed E-state index contributed by atoms with van der Waals surface area (Å²) in [5, 5.41) is 5.78. The zero-order valence-corrected chi connectivity index (χ0v) is 13.5. The van der Waals surface area contributed by atoms with Gasteiger partial charge in [-0.25, -0.2) is 4.98 Å². The Labute approximate surface area is 138 Å². The van der Waals surface area contributed by atoms with Gasteiger partial charge in [0.1, 0.15) is 5.65 Å². The predicted molar refractivity (Wildman–Crippen MR) is 93.7 cm³/mol. The maximum atomic E-state index is 12.7. The van der Waals surface area contributed by atoms with Gasteiger partial charge in [0.2, 0.25) is 5.43 Å². The highest BCUT2D eigenvalue weighted by Crippen LogP contribution is 2.19. The highest BCUT2D eigenvalue weighted by molar-refractivity contribution is 5.92. The number of fused-ring (bicyclic) bond motifs is 2. The average molecular weight is 327 g/mol. The first-order valence-electron chi connectivity index (χ1n) is 7.08. The molecule has 6 heteroatoms. The summed E-state index contributed by atoms with van der Waals surface area (Å²) in [4.78, 5) is 20.4. The number of nitrogens with zero attached hydrogens (tertiary/aromatic N) is 3. The number of hydrogen-bond donors (Lipinski definition) is 1. The van der Waals surface area contributed by atoms with Crippen molar-refractivity contribution in [3.63, 3.8) is 0 Å². The number of H-pyrrole nitrogens is 1. The third-order valence-corrected chi connectivity index (χ3v) is 3.82. The second kappa shape index (κ2) is 5.52. The number of pyridine rings is 2. The maximum Gasteiger partial charge on any atom is 0.200 e. The van der Waals surface area contributed by atoms with Crippen molar-refractivity contribution >= 4 is 34.3 Å². The van der Waals surface area contributed by atoms with Gasteiger partial charge in [-0.05, 0) is 37.6 Å². The van der Waals surface area contributed by atoms with Gasteiger partial charge in [0.15, 0.2) is 5.82 Å². The minimum Gasteiger partial charge on any atom is -0.339 e. The molecular formula is C17H15ClN4O. The summed E-state index contributed by atoms with van der Waals surface area (Å²) in [6.07, 6.45) is 1.79. The molecule has 0 amide bonds. The second-order valence-corrected chi connectivity index (χ2v) is 5.41. The lowest BCUT2D eigenvalue weighted by Crippen LogP contribution is -2.06. The molecule has 0 atom stereocenters. The molecule has 0 aliphatic carbocycles. The predicted octanol–water partition coefficient (Wildman–Crippen LogP) is 3.30. The summed E-state index contributed by atoms with van der Waals surface area (Å²) in [7, 11) is 0. The molecule has 3 heterocycles. The van der Waals surface area contributed by atoms with E-state index in [1.54, 1.807) is 10.9 Å². The van der Waals surface area contributed by atoms with Crippen molar-refractivity contribution in [2.45, 2.75) is 13.8 Å². The van der Waals surface area contributed by atoms with E-state index in [9.17, 15) is 4.79 Å². The van der Waals surface area contributed by atoms with Gasteiger partial charge in [0.05, 0.1) is 16.6 Å². The molecule has 4 rings (SSSR count). The summed E-state index contributed by atoms with van der Waals surface area (Å²) in [5.41, 5.74) is 3.26. The third-order valence-electron chi connectivity index (χ3n) is 3.82. The molecule has 0 aliphatic heterocycles. The number of nitrogens with one attached hydrogen (secondary N) is 1. The Morgan fingerprint density at radius 3 is 2.61 bits per heavy atom. The normalized spacial score (nSPS) is 10.9. The van der Waals surface area contributed by atoms with Crippen LogP contribution >= 0.6 is 12.4 Å². The first-order valence-corrected chi connectivity index (χ1v) is 7.08. The van der Waals surface area contributed by atoms with Gasteiger partial charge in [-0.1, -0.05) is 18.2 Å². The summed E-state index contributed by atoms with van der Waals surface area (Å²) in [6, 6.07) is 11.4. The van der Waals surface area contributed by atoms with Crippen LogP contribution < -0.4 is 5.43 Å². The monoisotopic (exact) mass is 326 g/mol. The molecule has 1 aromatic carbocycles. The fourth-order valence-electron chi connectivity index (χ4n) is 2.72. The number of halogens is 1. The molecule has 0 radical (unpaired) electrons. The van der Waals surface area contributed by atoms with E-state index in [2.05, 4.69) is 15.1 Å². The van der Waals surface area contributed by atoms with E-state index in [0.717, 1.165) is 11.1 Å². The lowest BCUT2D eigenvalue weighted by Gasteiger charge is -2.04. The fraction of sp³-hybridized carbons (Fsp3) is 0.118. The van der Waals surface area contributed by atoms with Crippen molar-refractivity contribution in [2.24, 2.45) is 0 Å². The molecule has 1 N–H and O–H groups in total. The first-order chi connectivity index (χ1) is 10.6. The average Bonchev–Trinajstić information content (AvgIpc) is 2.85. The molecule has 0 bridgehead atoms. The fourth-order valence-corrected chi connectivity index (χ4v) is 2.72. The van der Waals surface area contributed by atoms with Crippen LogP contribution in [0.2, 0.25) is 0 Å². The van der Waals surface area contributed by atoms with E-state index >= 15 is 0 Å². The van der Waals surface area contributed by atoms with E-state index in [-0.39, 0.29) is 17.8 Å². The standard InChI is InChI=1S/C17H14N4O.ClH/c1-10-7-8-14(18-9-10)21-17-15(11(2)20-21)16(22)12-5-3-4-6-13(12)19-17;/h3-9H,1-2H3,(H,19,22);1H. The number of aromatic nitrogens is 4. The highest BCUT2D eigenvalue weighted by Gasteiger charge is 2.15. The molecule has 116 valence electrons. The largest absolute Gasteiger partial charge is 0.339 e. The Kier molecular flexibility index (Phi) is 3.66. The van der Waals surface area contributed by atoms with E-state index in [1.807, 2.05) is 50.2 Å². The maximum absolute atomic E-state index is 12.7. The summed E-state index contributed by atoms with van der Waals surface area (Å²) < 4.78 is 1.69. The minimum atomic E-state index is 0. The molecule has 0 spiro atoms. The van der Waals surface area contributed by atoms with Gasteiger partial charge in [0, 0.05) is 11.6 Å². The van der Waals surface area contributed by atoms with E-state index < -0.39 is 0 Å². The number of hydrogen-bond acceptors (Lipinski definition) is 3. The zero-order valence-electron chi connectivity index (χ0n) is 12.7. The Balaban J connectivity index is 0.00000156. The van der Waals surface area contributed by atoms with E-state index in [1.165, 1.54) is 0 Å². The van der Waals surface area contributed by atoms with Gasteiger partial charge in [-0.2, -0.15) is 9.78 Å².